The molecule has 0 saturated carbocycles. The normalized spacial score (nSPS) is 10.4. The lowest BCUT2D eigenvalue weighted by atomic mass is 10.1. The molecule has 0 atom stereocenters. The summed E-state index contributed by atoms with van der Waals surface area (Å²) in [4.78, 5) is 0. The Balaban J connectivity index is 2.16. The Morgan fingerprint density at radius 3 is 1.96 bits per heavy atom. The van der Waals surface area contributed by atoms with Crippen LogP contribution in [-0.2, 0) is 13.1 Å². The minimum Gasteiger partial charge on any atom is -0.496 e. The van der Waals surface area contributed by atoms with E-state index in [2.05, 4.69) is 5.32 Å². The molecule has 0 aromatic heterocycles. The van der Waals surface area contributed by atoms with Crippen LogP contribution in [0.15, 0.2) is 30.3 Å². The van der Waals surface area contributed by atoms with Crippen LogP contribution in [0.25, 0.3) is 0 Å². The molecule has 0 aliphatic carbocycles. The Hall–Kier alpha value is -2.47. The van der Waals surface area contributed by atoms with Crippen LogP contribution in [-0.4, -0.2) is 28.4 Å². The molecule has 1 N–H and O–H groups in total. The van der Waals surface area contributed by atoms with Crippen molar-refractivity contribution >= 4 is 0 Å². The van der Waals surface area contributed by atoms with Gasteiger partial charge in [-0.3, -0.25) is 0 Å². The SMILES string of the molecule is COc1cc(OC)c(CNCc2cc(F)ccc2OC)c(OC)c1. The number of nitrogens with one attached hydrogen (secondary N) is 1. The number of halogens is 1. The van der Waals surface area contributed by atoms with Crippen LogP contribution in [0.4, 0.5) is 4.39 Å². The van der Waals surface area contributed by atoms with E-state index in [0.29, 0.717) is 36.1 Å². The van der Waals surface area contributed by atoms with Crippen LogP contribution in [0.1, 0.15) is 11.1 Å². The van der Waals surface area contributed by atoms with Crippen LogP contribution >= 0.6 is 0 Å². The zero-order chi connectivity index (χ0) is 17.5. The maximum Gasteiger partial charge on any atom is 0.130 e. The quantitative estimate of drug-likeness (QED) is 0.803. The summed E-state index contributed by atoms with van der Waals surface area (Å²) >= 11 is 0. The largest absolute Gasteiger partial charge is 0.496 e. The molecule has 0 fully saturated rings. The van der Waals surface area contributed by atoms with E-state index in [4.69, 9.17) is 18.9 Å². The molecule has 0 aliphatic heterocycles. The van der Waals surface area contributed by atoms with E-state index < -0.39 is 0 Å². The summed E-state index contributed by atoms with van der Waals surface area (Å²) in [6, 6.07) is 8.03. The first kappa shape index (κ1) is 17.9. The average molecular weight is 335 g/mol. The zero-order valence-corrected chi connectivity index (χ0v) is 14.3. The maximum absolute atomic E-state index is 13.4. The summed E-state index contributed by atoms with van der Waals surface area (Å²) in [5.41, 5.74) is 1.60. The predicted octanol–water partition coefficient (Wildman–Crippen LogP) is 3.15. The molecule has 2 rings (SSSR count). The lowest BCUT2D eigenvalue weighted by Crippen LogP contribution is -2.15. The second-order valence-corrected chi connectivity index (χ2v) is 5.07. The fourth-order valence-electron chi connectivity index (χ4n) is 2.46. The van der Waals surface area contributed by atoms with Gasteiger partial charge in [0, 0.05) is 30.8 Å². The van der Waals surface area contributed by atoms with Crippen molar-refractivity contribution in [1.29, 1.82) is 0 Å². The Labute approximate surface area is 141 Å². The molecule has 6 heteroatoms. The third kappa shape index (κ3) is 4.08. The van der Waals surface area contributed by atoms with Gasteiger partial charge in [0.2, 0.25) is 0 Å². The van der Waals surface area contributed by atoms with Gasteiger partial charge in [-0.1, -0.05) is 0 Å². The molecular weight excluding hydrogens is 313 g/mol. The molecule has 2 aromatic rings. The molecule has 0 aliphatic rings. The van der Waals surface area contributed by atoms with Crippen molar-refractivity contribution in [3.05, 3.63) is 47.3 Å². The molecule has 0 unspecified atom stereocenters. The van der Waals surface area contributed by atoms with Crippen LogP contribution in [0, 0.1) is 5.82 Å². The highest BCUT2D eigenvalue weighted by atomic mass is 19.1. The molecule has 5 nitrogen and oxygen atoms in total. The Bertz CT molecular complexity index is 666. The van der Waals surface area contributed by atoms with Crippen molar-refractivity contribution in [3.8, 4) is 23.0 Å². The molecule has 0 saturated heterocycles. The van der Waals surface area contributed by atoms with E-state index in [1.54, 1.807) is 46.6 Å². The summed E-state index contributed by atoms with van der Waals surface area (Å²) < 4.78 is 34.7. The van der Waals surface area contributed by atoms with Gasteiger partial charge >= 0.3 is 0 Å². The highest BCUT2D eigenvalue weighted by Gasteiger charge is 2.13. The smallest absolute Gasteiger partial charge is 0.130 e. The first-order chi connectivity index (χ1) is 11.6. The van der Waals surface area contributed by atoms with Gasteiger partial charge in [-0.25, -0.2) is 4.39 Å². The topological polar surface area (TPSA) is 49.0 Å². The van der Waals surface area contributed by atoms with Crippen molar-refractivity contribution < 1.29 is 23.3 Å². The molecule has 0 heterocycles. The summed E-state index contributed by atoms with van der Waals surface area (Å²) in [5.74, 6) is 2.30. The van der Waals surface area contributed by atoms with Gasteiger partial charge in [0.05, 0.1) is 34.0 Å². The lowest BCUT2D eigenvalue weighted by molar-refractivity contribution is 0.366. The van der Waals surface area contributed by atoms with Crippen LogP contribution in [0.3, 0.4) is 0 Å². The minimum absolute atomic E-state index is 0.299. The number of methoxy groups -OCH3 is 4. The molecular formula is C18H22FNO4. The maximum atomic E-state index is 13.4. The van der Waals surface area contributed by atoms with Crippen molar-refractivity contribution in [2.75, 3.05) is 28.4 Å². The summed E-state index contributed by atoms with van der Waals surface area (Å²) in [7, 11) is 6.33. The number of hydrogen-bond donors (Lipinski definition) is 1. The highest BCUT2D eigenvalue weighted by Crippen LogP contribution is 2.34. The van der Waals surface area contributed by atoms with E-state index in [1.807, 2.05) is 0 Å². The van der Waals surface area contributed by atoms with Gasteiger partial charge in [0.1, 0.15) is 28.8 Å². The van der Waals surface area contributed by atoms with Crippen molar-refractivity contribution in [2.45, 2.75) is 13.1 Å². The molecule has 0 radical (unpaired) electrons. The second kappa shape index (κ2) is 8.40. The first-order valence-electron chi connectivity index (χ1n) is 7.45. The van der Waals surface area contributed by atoms with Gasteiger partial charge in [-0.05, 0) is 18.2 Å². The number of benzene rings is 2. The van der Waals surface area contributed by atoms with E-state index >= 15 is 0 Å². The minimum atomic E-state index is -0.299. The van der Waals surface area contributed by atoms with Crippen LogP contribution in [0.5, 0.6) is 23.0 Å². The van der Waals surface area contributed by atoms with E-state index in [-0.39, 0.29) is 5.82 Å². The Morgan fingerprint density at radius 2 is 1.42 bits per heavy atom. The summed E-state index contributed by atoms with van der Waals surface area (Å²) in [6.07, 6.45) is 0. The fraction of sp³-hybridized carbons (Fsp3) is 0.333. The van der Waals surface area contributed by atoms with E-state index in [9.17, 15) is 4.39 Å². The van der Waals surface area contributed by atoms with Crippen molar-refractivity contribution in [1.82, 2.24) is 5.32 Å². The van der Waals surface area contributed by atoms with Crippen molar-refractivity contribution in [2.24, 2.45) is 0 Å². The first-order valence-corrected chi connectivity index (χ1v) is 7.45. The highest BCUT2D eigenvalue weighted by molar-refractivity contribution is 5.50. The van der Waals surface area contributed by atoms with Gasteiger partial charge in [0.25, 0.3) is 0 Å². The number of ether oxygens (including phenoxy) is 4. The number of rotatable bonds is 8. The molecule has 0 bridgehead atoms. The van der Waals surface area contributed by atoms with Gasteiger partial charge in [-0.15, -0.1) is 0 Å². The van der Waals surface area contributed by atoms with Gasteiger partial charge in [-0.2, -0.15) is 0 Å². The molecule has 130 valence electrons. The van der Waals surface area contributed by atoms with Gasteiger partial charge in [0.15, 0.2) is 0 Å². The third-order valence-electron chi connectivity index (χ3n) is 3.68. The van der Waals surface area contributed by atoms with E-state index in [1.165, 1.54) is 12.1 Å². The predicted molar refractivity (Wildman–Crippen MR) is 89.6 cm³/mol. The molecule has 0 amide bonds. The fourth-order valence-corrected chi connectivity index (χ4v) is 2.46. The van der Waals surface area contributed by atoms with Gasteiger partial charge < -0.3 is 24.3 Å². The van der Waals surface area contributed by atoms with Crippen LogP contribution in [0.2, 0.25) is 0 Å². The Morgan fingerprint density at radius 1 is 0.792 bits per heavy atom. The summed E-state index contributed by atoms with van der Waals surface area (Å²) in [5, 5.41) is 3.26. The summed E-state index contributed by atoms with van der Waals surface area (Å²) in [6.45, 7) is 0.926. The Kier molecular flexibility index (Phi) is 6.26. The standard InChI is InChI=1S/C18H22FNO4/c1-21-14-8-17(23-3)15(18(9-14)24-4)11-20-10-12-7-13(19)5-6-16(12)22-2/h5-9,20H,10-11H2,1-4H3. The average Bonchev–Trinajstić information content (AvgIpc) is 2.61. The monoisotopic (exact) mass is 335 g/mol. The van der Waals surface area contributed by atoms with Crippen molar-refractivity contribution in [3.63, 3.8) is 0 Å². The molecule has 2 aromatic carbocycles. The van der Waals surface area contributed by atoms with Crippen LogP contribution < -0.4 is 24.3 Å². The number of hydrogen-bond acceptors (Lipinski definition) is 5. The second-order valence-electron chi connectivity index (χ2n) is 5.07. The van der Waals surface area contributed by atoms with E-state index in [0.717, 1.165) is 11.1 Å². The molecule has 24 heavy (non-hydrogen) atoms. The lowest BCUT2D eigenvalue weighted by Gasteiger charge is -2.16. The molecule has 0 spiro atoms. The third-order valence-corrected chi connectivity index (χ3v) is 3.68. The zero-order valence-electron chi connectivity index (χ0n) is 14.3.